The third-order valence-electron chi connectivity index (χ3n) is 7.72. The van der Waals surface area contributed by atoms with E-state index in [1.807, 2.05) is 11.2 Å². The molecule has 1 aliphatic carbocycles. The maximum Gasteiger partial charge on any atom is 0.395 e. The van der Waals surface area contributed by atoms with Crippen molar-refractivity contribution in [3.63, 3.8) is 0 Å². The van der Waals surface area contributed by atoms with E-state index in [9.17, 15) is 17.6 Å². The molecule has 41 heavy (non-hydrogen) atoms. The highest BCUT2D eigenvalue weighted by molar-refractivity contribution is 6.35. The lowest BCUT2D eigenvalue weighted by Crippen LogP contribution is -2.43. The first-order valence-corrected chi connectivity index (χ1v) is 13.4. The Hall–Kier alpha value is -3.75. The molecule has 7 nitrogen and oxygen atoms in total. The number of aromatic nitrogens is 2. The normalized spacial score (nSPS) is 17.1. The first kappa shape index (κ1) is 28.8. The number of hydrogen-bond acceptors (Lipinski definition) is 7. The van der Waals surface area contributed by atoms with Crippen molar-refractivity contribution in [3.05, 3.63) is 70.2 Å². The number of fused-ring (bicyclic) bond motifs is 1. The van der Waals surface area contributed by atoms with E-state index in [2.05, 4.69) is 44.4 Å². The molecule has 2 aromatic heterocycles. The van der Waals surface area contributed by atoms with Gasteiger partial charge in [-0.25, -0.2) is 4.98 Å². The van der Waals surface area contributed by atoms with E-state index >= 15 is 0 Å². The van der Waals surface area contributed by atoms with Crippen LogP contribution in [0.5, 0.6) is 0 Å². The van der Waals surface area contributed by atoms with Crippen LogP contribution < -0.4 is 21.6 Å². The standard InChI is InChI=1S/C29H30ClF4N7/c1-6-17-13-35-25-20(24(17)36-15-27(3,4)29(32,33)34)11-18(12-21(25)30)38-26(19-7-8-23(31)37-16(19)2)22-14-41(40-39-22)28(5)9-10-28/h1,7-8,11-14,26,38-40H,9-10,15H2,2-5H3,(H,35,36)/t26-/m0/s1. The van der Waals surface area contributed by atoms with Crippen molar-refractivity contribution < 1.29 is 17.6 Å². The van der Waals surface area contributed by atoms with Crippen LogP contribution in [0.3, 0.4) is 0 Å². The molecule has 3 aromatic rings. The van der Waals surface area contributed by atoms with Gasteiger partial charge in [-0.3, -0.25) is 9.99 Å². The van der Waals surface area contributed by atoms with Crippen LogP contribution in [0.4, 0.5) is 28.9 Å². The Morgan fingerprint density at radius 3 is 2.61 bits per heavy atom. The highest BCUT2D eigenvalue weighted by Crippen LogP contribution is 2.43. The maximum absolute atomic E-state index is 13.9. The molecule has 1 aromatic carbocycles. The summed E-state index contributed by atoms with van der Waals surface area (Å²) in [5.41, 5.74) is 7.87. The quantitative estimate of drug-likeness (QED) is 0.135. The first-order valence-electron chi connectivity index (χ1n) is 13.0. The zero-order valence-corrected chi connectivity index (χ0v) is 23.7. The third-order valence-corrected chi connectivity index (χ3v) is 8.01. The van der Waals surface area contributed by atoms with Gasteiger partial charge in [-0.2, -0.15) is 17.6 Å². The van der Waals surface area contributed by atoms with Crippen LogP contribution in [-0.4, -0.2) is 33.2 Å². The Morgan fingerprint density at radius 1 is 1.24 bits per heavy atom. The number of hydrazine groups is 2. The van der Waals surface area contributed by atoms with Crippen LogP contribution >= 0.6 is 11.6 Å². The molecule has 216 valence electrons. The predicted octanol–water partition coefficient (Wildman–Crippen LogP) is 6.58. The summed E-state index contributed by atoms with van der Waals surface area (Å²) in [5, 5.41) is 9.10. The van der Waals surface area contributed by atoms with Crippen molar-refractivity contribution in [1.82, 2.24) is 25.9 Å². The van der Waals surface area contributed by atoms with Crippen molar-refractivity contribution >= 4 is 33.9 Å². The summed E-state index contributed by atoms with van der Waals surface area (Å²) in [6, 6.07) is 5.85. The number of halogens is 5. The topological polar surface area (TPSA) is 77.1 Å². The lowest BCUT2D eigenvalue weighted by Gasteiger charge is -2.29. The number of alkyl halides is 3. The summed E-state index contributed by atoms with van der Waals surface area (Å²) < 4.78 is 54.7. The molecule has 3 heterocycles. The Balaban J connectivity index is 1.57. The molecule has 12 heteroatoms. The van der Waals surface area contributed by atoms with Crippen molar-refractivity contribution in [1.29, 1.82) is 0 Å². The molecule has 0 unspecified atom stereocenters. The van der Waals surface area contributed by atoms with E-state index < -0.39 is 30.1 Å². The van der Waals surface area contributed by atoms with Gasteiger partial charge in [0.1, 0.15) is 0 Å². The van der Waals surface area contributed by atoms with Gasteiger partial charge in [-0.15, -0.1) is 12.0 Å². The largest absolute Gasteiger partial charge is 0.395 e. The molecule has 4 N–H and O–H groups in total. The number of aryl methyl sites for hydroxylation is 1. The van der Waals surface area contributed by atoms with Gasteiger partial charge in [0.2, 0.25) is 5.95 Å². The summed E-state index contributed by atoms with van der Waals surface area (Å²) in [4.78, 5) is 8.38. The molecule has 1 aliphatic heterocycles. The van der Waals surface area contributed by atoms with Gasteiger partial charge >= 0.3 is 6.18 Å². The van der Waals surface area contributed by atoms with E-state index in [0.29, 0.717) is 39.1 Å². The molecule has 0 amide bonds. The van der Waals surface area contributed by atoms with Gasteiger partial charge in [-0.05, 0) is 58.7 Å². The fraction of sp³-hybridized carbons (Fsp3) is 0.379. The number of terminal acetylenes is 1. The van der Waals surface area contributed by atoms with E-state index in [1.165, 1.54) is 12.3 Å². The number of pyridine rings is 2. The maximum atomic E-state index is 13.9. The van der Waals surface area contributed by atoms with Gasteiger partial charge < -0.3 is 16.1 Å². The van der Waals surface area contributed by atoms with Crippen LogP contribution in [-0.2, 0) is 0 Å². The second-order valence-corrected chi connectivity index (χ2v) is 11.8. The van der Waals surface area contributed by atoms with Crippen molar-refractivity contribution in [3.8, 4) is 12.3 Å². The van der Waals surface area contributed by atoms with E-state index in [0.717, 1.165) is 32.4 Å². The molecule has 1 fully saturated rings. The molecule has 0 bridgehead atoms. The predicted molar refractivity (Wildman–Crippen MR) is 152 cm³/mol. The molecule has 0 radical (unpaired) electrons. The molecular weight excluding hydrogens is 558 g/mol. The molecule has 5 rings (SSSR count). The minimum atomic E-state index is -4.43. The van der Waals surface area contributed by atoms with Crippen LogP contribution in [0.2, 0.25) is 5.02 Å². The number of rotatable bonds is 8. The lowest BCUT2D eigenvalue weighted by molar-refractivity contribution is -0.206. The van der Waals surface area contributed by atoms with Crippen LogP contribution in [0.25, 0.3) is 10.9 Å². The number of hydrogen-bond donors (Lipinski definition) is 4. The molecule has 1 saturated carbocycles. The zero-order chi connectivity index (χ0) is 29.7. The summed E-state index contributed by atoms with van der Waals surface area (Å²) in [7, 11) is 0. The fourth-order valence-corrected chi connectivity index (χ4v) is 4.84. The number of nitrogens with zero attached hydrogens (tertiary/aromatic N) is 3. The van der Waals surface area contributed by atoms with Gasteiger partial charge in [0.25, 0.3) is 0 Å². The highest BCUT2D eigenvalue weighted by atomic mass is 35.5. The fourth-order valence-electron chi connectivity index (χ4n) is 4.58. The average Bonchev–Trinajstić information content (AvgIpc) is 3.44. The van der Waals surface area contributed by atoms with E-state index in [4.69, 9.17) is 18.0 Å². The van der Waals surface area contributed by atoms with Crippen LogP contribution in [0.1, 0.15) is 56.5 Å². The van der Waals surface area contributed by atoms with Crippen LogP contribution in [0, 0.1) is 30.6 Å². The van der Waals surface area contributed by atoms with Gasteiger partial charge in [0.05, 0.1) is 44.5 Å². The van der Waals surface area contributed by atoms with Gasteiger partial charge in [0, 0.05) is 41.3 Å². The Kier molecular flexibility index (Phi) is 7.20. The molecule has 2 aliphatic rings. The van der Waals surface area contributed by atoms with Crippen molar-refractivity contribution in [2.45, 2.75) is 58.3 Å². The smallest absolute Gasteiger partial charge is 0.383 e. The SMILES string of the molecule is C#Cc1cnc2c(Cl)cc(N[C@H](C3=CN(C4(C)CC4)NN3)c3ccc(F)nc3C)cc2c1NCC(C)(C)C(F)(F)F. The van der Waals surface area contributed by atoms with Gasteiger partial charge in [-0.1, -0.05) is 23.6 Å². The van der Waals surface area contributed by atoms with Crippen molar-refractivity contribution in [2.75, 3.05) is 17.2 Å². The number of nitrogens with one attached hydrogen (secondary N) is 4. The second kappa shape index (κ2) is 10.3. The third kappa shape index (κ3) is 5.59. The van der Waals surface area contributed by atoms with E-state index in [-0.39, 0.29) is 10.6 Å². The minimum Gasteiger partial charge on any atom is -0.383 e. The summed E-state index contributed by atoms with van der Waals surface area (Å²) >= 11 is 6.65. The average molecular weight is 588 g/mol. The molecule has 1 atom stereocenters. The second-order valence-electron chi connectivity index (χ2n) is 11.4. The van der Waals surface area contributed by atoms with E-state index in [1.54, 1.807) is 25.1 Å². The highest BCUT2D eigenvalue weighted by Gasteiger charge is 2.47. The molecule has 0 spiro atoms. The number of anilines is 2. The Bertz CT molecular complexity index is 1570. The zero-order valence-electron chi connectivity index (χ0n) is 23.0. The monoisotopic (exact) mass is 587 g/mol. The summed E-state index contributed by atoms with van der Waals surface area (Å²) in [6.07, 6.45) is 6.70. The first-order chi connectivity index (χ1) is 19.2. The Labute approximate surface area is 240 Å². The van der Waals surface area contributed by atoms with Gasteiger partial charge in [0.15, 0.2) is 0 Å². The summed E-state index contributed by atoms with van der Waals surface area (Å²) in [5.74, 6) is 1.91. The molecule has 0 saturated heterocycles. The summed E-state index contributed by atoms with van der Waals surface area (Å²) in [6.45, 7) is 5.67. The lowest BCUT2D eigenvalue weighted by atomic mass is 9.92. The van der Waals surface area contributed by atoms with Crippen molar-refractivity contribution in [2.24, 2.45) is 5.41 Å². The Morgan fingerprint density at radius 2 is 1.98 bits per heavy atom. The minimum absolute atomic E-state index is 0.0102. The number of benzene rings is 1. The molecular formula is C29H30ClF4N7. The van der Waals surface area contributed by atoms with Crippen LogP contribution in [0.15, 0.2) is 42.4 Å².